The minimum Gasteiger partial charge on any atom is -0.394 e. The van der Waals surface area contributed by atoms with Crippen LogP contribution in [0.3, 0.4) is 0 Å². The van der Waals surface area contributed by atoms with Crippen LogP contribution in [0, 0.1) is 0 Å². The summed E-state index contributed by atoms with van der Waals surface area (Å²) in [6, 6.07) is 0. The molecule has 94 valence electrons. The fraction of sp³-hybridized carbons (Fsp3) is 0.625. The third-order valence-corrected chi connectivity index (χ3v) is 2.69. The summed E-state index contributed by atoms with van der Waals surface area (Å²) < 4.78 is 6.45. The smallest absolute Gasteiger partial charge is 0.208 e. The second-order valence-electron chi connectivity index (χ2n) is 3.64. The molecule has 0 aliphatic carbocycles. The molecule has 1 aromatic heterocycles. The summed E-state index contributed by atoms with van der Waals surface area (Å²) in [5, 5.41) is 32.1. The number of hydrogen-bond donors (Lipinski definition) is 4. The zero-order valence-corrected chi connectivity index (χ0v) is 9.49. The van der Waals surface area contributed by atoms with E-state index in [-0.39, 0.29) is 10.8 Å². The Morgan fingerprint density at radius 2 is 2.24 bits per heavy atom. The molecule has 0 radical (unpaired) electrons. The summed E-state index contributed by atoms with van der Waals surface area (Å²) in [5.41, 5.74) is 5.34. The Morgan fingerprint density at radius 3 is 2.71 bits per heavy atom. The SMILES string of the molecule is NC(=S)c1ncn([C@@H]2O[C@H](CO)[C@@H](O)[C@H]2O)n1. The Hall–Kier alpha value is -1.13. The summed E-state index contributed by atoms with van der Waals surface area (Å²) in [4.78, 5) is 3.84. The Bertz CT molecular complexity index is 425. The molecule has 1 aliphatic heterocycles. The van der Waals surface area contributed by atoms with Gasteiger partial charge in [0.2, 0.25) is 5.82 Å². The predicted octanol–water partition coefficient (Wildman–Crippen LogP) is -2.48. The van der Waals surface area contributed by atoms with Crippen LogP contribution in [0.15, 0.2) is 6.33 Å². The van der Waals surface area contributed by atoms with E-state index < -0.39 is 31.1 Å². The van der Waals surface area contributed by atoms with Crippen LogP contribution in [-0.2, 0) is 4.74 Å². The highest BCUT2D eigenvalue weighted by molar-refractivity contribution is 7.80. The summed E-state index contributed by atoms with van der Waals surface area (Å²) >= 11 is 4.70. The van der Waals surface area contributed by atoms with Gasteiger partial charge in [-0.3, -0.25) is 0 Å². The van der Waals surface area contributed by atoms with Gasteiger partial charge in [0.1, 0.15) is 29.6 Å². The molecule has 5 N–H and O–H groups in total. The lowest BCUT2D eigenvalue weighted by Gasteiger charge is -2.13. The molecule has 8 nitrogen and oxygen atoms in total. The summed E-state index contributed by atoms with van der Waals surface area (Å²) in [5.74, 6) is 0.151. The van der Waals surface area contributed by atoms with Gasteiger partial charge >= 0.3 is 0 Å². The topological polar surface area (TPSA) is 127 Å². The summed E-state index contributed by atoms with van der Waals surface area (Å²) in [7, 11) is 0. The normalized spacial score (nSPS) is 32.9. The number of rotatable bonds is 3. The molecule has 1 saturated heterocycles. The van der Waals surface area contributed by atoms with Gasteiger partial charge < -0.3 is 25.8 Å². The highest BCUT2D eigenvalue weighted by Crippen LogP contribution is 2.28. The van der Waals surface area contributed by atoms with Crippen molar-refractivity contribution in [2.75, 3.05) is 6.61 Å². The van der Waals surface area contributed by atoms with E-state index in [1.54, 1.807) is 0 Å². The monoisotopic (exact) mass is 260 g/mol. The summed E-state index contributed by atoms with van der Waals surface area (Å²) in [6.45, 7) is -0.397. The maximum atomic E-state index is 9.72. The second kappa shape index (κ2) is 4.63. The Morgan fingerprint density at radius 1 is 1.53 bits per heavy atom. The third kappa shape index (κ3) is 2.15. The van der Waals surface area contributed by atoms with Crippen LogP contribution in [0.5, 0.6) is 0 Å². The van der Waals surface area contributed by atoms with Gasteiger partial charge in [0.15, 0.2) is 6.23 Å². The van der Waals surface area contributed by atoms with E-state index in [1.807, 2.05) is 0 Å². The van der Waals surface area contributed by atoms with Crippen LogP contribution in [0.4, 0.5) is 0 Å². The maximum Gasteiger partial charge on any atom is 0.208 e. The van der Waals surface area contributed by atoms with Crippen molar-refractivity contribution in [3.63, 3.8) is 0 Å². The lowest BCUT2D eigenvalue weighted by molar-refractivity contribution is -0.0588. The van der Waals surface area contributed by atoms with Crippen molar-refractivity contribution in [3.05, 3.63) is 12.2 Å². The van der Waals surface area contributed by atoms with Crippen LogP contribution >= 0.6 is 12.2 Å². The lowest BCUT2D eigenvalue weighted by atomic mass is 10.1. The Labute approximate surface area is 102 Å². The van der Waals surface area contributed by atoms with Crippen molar-refractivity contribution in [2.24, 2.45) is 5.73 Å². The molecule has 0 saturated carbocycles. The van der Waals surface area contributed by atoms with Crippen LogP contribution in [-0.4, -0.2) is 60.0 Å². The average Bonchev–Trinajstić information content (AvgIpc) is 2.87. The van der Waals surface area contributed by atoms with Gasteiger partial charge in [-0.15, -0.1) is 5.10 Å². The van der Waals surface area contributed by atoms with E-state index >= 15 is 0 Å². The third-order valence-electron chi connectivity index (χ3n) is 2.51. The second-order valence-corrected chi connectivity index (χ2v) is 4.08. The number of hydrogen-bond acceptors (Lipinski definition) is 7. The first-order chi connectivity index (χ1) is 8.04. The molecule has 17 heavy (non-hydrogen) atoms. The van der Waals surface area contributed by atoms with Crippen molar-refractivity contribution >= 4 is 17.2 Å². The van der Waals surface area contributed by atoms with E-state index in [0.29, 0.717) is 0 Å². The van der Waals surface area contributed by atoms with E-state index in [2.05, 4.69) is 10.1 Å². The number of aliphatic hydroxyl groups is 3. The van der Waals surface area contributed by atoms with Gasteiger partial charge in [0.25, 0.3) is 0 Å². The minimum absolute atomic E-state index is 0.0236. The highest BCUT2D eigenvalue weighted by Gasteiger charge is 2.43. The van der Waals surface area contributed by atoms with Gasteiger partial charge in [-0.25, -0.2) is 9.67 Å². The van der Waals surface area contributed by atoms with Crippen molar-refractivity contribution < 1.29 is 20.1 Å². The summed E-state index contributed by atoms with van der Waals surface area (Å²) in [6.07, 6.45) is -2.87. The molecule has 4 atom stereocenters. The molecule has 1 aliphatic rings. The fourth-order valence-electron chi connectivity index (χ4n) is 1.61. The van der Waals surface area contributed by atoms with E-state index in [9.17, 15) is 10.2 Å². The molecule has 1 fully saturated rings. The molecular formula is C8H12N4O4S. The lowest BCUT2D eigenvalue weighted by Crippen LogP contribution is -2.33. The Balaban J connectivity index is 2.19. The minimum atomic E-state index is -1.20. The van der Waals surface area contributed by atoms with Crippen LogP contribution in [0.25, 0.3) is 0 Å². The number of ether oxygens (including phenoxy) is 1. The highest BCUT2D eigenvalue weighted by atomic mass is 32.1. The number of nitrogens with two attached hydrogens (primary N) is 1. The molecule has 0 unspecified atom stereocenters. The number of nitrogens with zero attached hydrogens (tertiary/aromatic N) is 3. The van der Waals surface area contributed by atoms with Crippen molar-refractivity contribution in [1.29, 1.82) is 0 Å². The molecular weight excluding hydrogens is 248 g/mol. The average molecular weight is 260 g/mol. The van der Waals surface area contributed by atoms with Gasteiger partial charge in [0, 0.05) is 0 Å². The van der Waals surface area contributed by atoms with Gasteiger partial charge in [0.05, 0.1) is 6.61 Å². The Kier molecular flexibility index (Phi) is 3.35. The van der Waals surface area contributed by atoms with Gasteiger partial charge in [-0.1, -0.05) is 12.2 Å². The standard InChI is InChI=1S/C8H12N4O4S/c9-6(17)7-10-2-12(11-7)8-5(15)4(14)3(1-13)16-8/h2-5,8,13-15H,1H2,(H2,9,17)/t3-,4-,5-,8-/m1/s1. The van der Waals surface area contributed by atoms with Crippen LogP contribution in [0.2, 0.25) is 0 Å². The van der Waals surface area contributed by atoms with E-state index in [1.165, 1.54) is 11.0 Å². The van der Waals surface area contributed by atoms with Crippen molar-refractivity contribution in [2.45, 2.75) is 24.5 Å². The molecule has 1 aromatic rings. The molecule has 2 rings (SSSR count). The van der Waals surface area contributed by atoms with Gasteiger partial charge in [-0.2, -0.15) is 0 Å². The predicted molar refractivity (Wildman–Crippen MR) is 58.9 cm³/mol. The van der Waals surface area contributed by atoms with E-state index in [4.69, 9.17) is 27.8 Å². The van der Waals surface area contributed by atoms with Crippen LogP contribution < -0.4 is 5.73 Å². The molecule has 9 heteroatoms. The first-order valence-electron chi connectivity index (χ1n) is 4.88. The zero-order chi connectivity index (χ0) is 12.6. The first-order valence-corrected chi connectivity index (χ1v) is 5.29. The first kappa shape index (κ1) is 12.3. The van der Waals surface area contributed by atoms with Crippen LogP contribution in [0.1, 0.15) is 12.1 Å². The zero-order valence-electron chi connectivity index (χ0n) is 8.67. The molecule has 0 aromatic carbocycles. The molecule has 0 bridgehead atoms. The van der Waals surface area contributed by atoms with Gasteiger partial charge in [-0.05, 0) is 0 Å². The maximum absolute atomic E-state index is 9.72. The fourth-order valence-corrected chi connectivity index (χ4v) is 1.70. The molecule has 2 heterocycles. The van der Waals surface area contributed by atoms with Crippen molar-refractivity contribution in [1.82, 2.24) is 14.8 Å². The number of aromatic nitrogens is 3. The van der Waals surface area contributed by atoms with E-state index in [0.717, 1.165) is 0 Å². The number of thiocarbonyl (C=S) groups is 1. The largest absolute Gasteiger partial charge is 0.394 e. The molecule has 0 spiro atoms. The quantitative estimate of drug-likeness (QED) is 0.440. The molecule has 0 amide bonds. The van der Waals surface area contributed by atoms with Crippen molar-refractivity contribution in [3.8, 4) is 0 Å². The number of aliphatic hydroxyl groups excluding tert-OH is 3.